The van der Waals surface area contributed by atoms with Crippen LogP contribution in [0.2, 0.25) is 0 Å². The highest BCUT2D eigenvalue weighted by atomic mass is 32.2. The summed E-state index contributed by atoms with van der Waals surface area (Å²) in [6.45, 7) is 0.945. The normalized spacial score (nSPS) is 22.5. The largest absolute Gasteiger partial charge is 0.507 e. The summed E-state index contributed by atoms with van der Waals surface area (Å²) >= 11 is 0. The molecule has 2 saturated carbocycles. The fourth-order valence-electron chi connectivity index (χ4n) is 5.79. The van der Waals surface area contributed by atoms with Gasteiger partial charge in [0.05, 0.1) is 6.54 Å². The van der Waals surface area contributed by atoms with Crippen molar-refractivity contribution in [3.8, 4) is 5.75 Å². The summed E-state index contributed by atoms with van der Waals surface area (Å²) in [4.78, 5) is 23.8. The van der Waals surface area contributed by atoms with Crippen LogP contribution >= 0.6 is 0 Å². The van der Waals surface area contributed by atoms with Gasteiger partial charge in [-0.2, -0.15) is 4.31 Å². The monoisotopic (exact) mass is 576 g/mol. The summed E-state index contributed by atoms with van der Waals surface area (Å²) in [7, 11) is -4.64. The molecule has 212 valence electrons. The van der Waals surface area contributed by atoms with Gasteiger partial charge in [-0.25, -0.2) is 35.2 Å². The number of aromatic hydroxyl groups is 1. The van der Waals surface area contributed by atoms with Crippen molar-refractivity contribution in [2.45, 2.75) is 37.5 Å². The first-order valence-corrected chi connectivity index (χ1v) is 13.4. The number of benzene rings is 2. The van der Waals surface area contributed by atoms with Crippen molar-refractivity contribution in [3.05, 3.63) is 52.8 Å². The fourth-order valence-corrected chi connectivity index (χ4v) is 7.02. The molecule has 8 nitrogen and oxygen atoms in total. The molecule has 0 saturated heterocycles. The number of carbonyl (C=O) groups is 2. The number of amides is 1. The molecule has 2 aromatic carbocycles. The molecule has 39 heavy (non-hydrogen) atoms. The van der Waals surface area contributed by atoms with Crippen molar-refractivity contribution in [1.29, 1.82) is 0 Å². The van der Waals surface area contributed by atoms with Crippen LogP contribution in [0.4, 0.5) is 27.6 Å². The fraction of sp³-hybridized carbons (Fsp3) is 0.440. The standard InChI is InChI=1S/C25H25F5N2O6S/c1-25(9-12-3-4-13(25)7-12)11-32(14-5-6-15(24(35)36)16(33)8-14)17(34)10-31(2)39(37,38)23-21(29)19(27)18(26)20(28)22(23)30/h5-6,8,12-13,33H,3-4,7,9-11H2,1-2H3,(H,35,36). The van der Waals surface area contributed by atoms with Gasteiger partial charge in [-0.1, -0.05) is 13.3 Å². The van der Waals surface area contributed by atoms with Crippen molar-refractivity contribution in [2.24, 2.45) is 17.3 Å². The van der Waals surface area contributed by atoms with Crippen LogP contribution < -0.4 is 4.90 Å². The number of likely N-dealkylation sites (N-methyl/N-ethyl adjacent to an activating group) is 1. The predicted molar refractivity (Wildman–Crippen MR) is 127 cm³/mol. The summed E-state index contributed by atoms with van der Waals surface area (Å²) in [5.41, 5.74) is -0.810. The number of sulfonamides is 1. The zero-order chi connectivity index (χ0) is 29.0. The minimum absolute atomic E-state index is 0.0357. The Morgan fingerprint density at radius 2 is 1.62 bits per heavy atom. The Balaban J connectivity index is 1.69. The second-order valence-electron chi connectivity index (χ2n) is 10.4. The molecule has 2 aromatic rings. The number of carbonyl (C=O) groups excluding carboxylic acids is 1. The predicted octanol–water partition coefficient (Wildman–Crippen LogP) is 4.27. The van der Waals surface area contributed by atoms with Gasteiger partial charge in [0, 0.05) is 25.3 Å². The van der Waals surface area contributed by atoms with E-state index in [2.05, 4.69) is 0 Å². The number of carboxylic acids is 1. The van der Waals surface area contributed by atoms with Crippen LogP contribution in [0.5, 0.6) is 5.75 Å². The maximum Gasteiger partial charge on any atom is 0.339 e. The first kappa shape index (κ1) is 28.7. The molecule has 0 aliphatic heterocycles. The molecule has 3 unspecified atom stereocenters. The van der Waals surface area contributed by atoms with Crippen molar-refractivity contribution >= 4 is 27.6 Å². The smallest absolute Gasteiger partial charge is 0.339 e. The molecular weight excluding hydrogens is 551 g/mol. The first-order chi connectivity index (χ1) is 18.1. The van der Waals surface area contributed by atoms with Gasteiger partial charge in [-0.15, -0.1) is 0 Å². The molecule has 2 aliphatic carbocycles. The third kappa shape index (κ3) is 4.95. The van der Waals surface area contributed by atoms with Crippen molar-refractivity contribution < 1.29 is 50.2 Å². The second-order valence-corrected chi connectivity index (χ2v) is 12.4. The molecule has 0 heterocycles. The molecule has 4 rings (SSSR count). The number of hydrogen-bond donors (Lipinski definition) is 2. The Morgan fingerprint density at radius 3 is 2.10 bits per heavy atom. The number of fused-ring (bicyclic) bond motifs is 2. The van der Waals surface area contributed by atoms with E-state index in [0.29, 0.717) is 5.92 Å². The molecule has 0 aromatic heterocycles. The van der Waals surface area contributed by atoms with Gasteiger partial charge in [0.1, 0.15) is 11.3 Å². The quantitative estimate of drug-likeness (QED) is 0.276. The van der Waals surface area contributed by atoms with E-state index in [1.807, 2.05) is 6.92 Å². The Kier molecular flexibility index (Phi) is 7.40. The summed E-state index contributed by atoms with van der Waals surface area (Å²) < 4.78 is 95.3. The topological polar surface area (TPSA) is 115 Å². The molecule has 1 amide bonds. The van der Waals surface area contributed by atoms with Gasteiger partial charge in [0.25, 0.3) is 0 Å². The average Bonchev–Trinajstić information content (AvgIpc) is 3.45. The zero-order valence-corrected chi connectivity index (χ0v) is 21.7. The van der Waals surface area contributed by atoms with E-state index in [9.17, 15) is 50.2 Å². The van der Waals surface area contributed by atoms with Crippen LogP contribution in [0, 0.1) is 46.3 Å². The van der Waals surface area contributed by atoms with Gasteiger partial charge in [-0.05, 0) is 48.6 Å². The van der Waals surface area contributed by atoms with E-state index in [-0.39, 0.29) is 22.5 Å². The lowest BCUT2D eigenvalue weighted by atomic mass is 9.74. The lowest BCUT2D eigenvalue weighted by molar-refractivity contribution is -0.119. The van der Waals surface area contributed by atoms with Crippen LogP contribution in [0.1, 0.15) is 43.0 Å². The van der Waals surface area contributed by atoms with Crippen molar-refractivity contribution in [2.75, 3.05) is 25.0 Å². The van der Waals surface area contributed by atoms with Gasteiger partial charge in [-0.3, -0.25) is 4.79 Å². The third-order valence-corrected chi connectivity index (χ3v) is 9.65. The van der Waals surface area contributed by atoms with E-state index >= 15 is 0 Å². The minimum atomic E-state index is -5.39. The molecule has 2 aliphatic rings. The number of rotatable bonds is 8. The Morgan fingerprint density at radius 1 is 1.03 bits per heavy atom. The van der Waals surface area contributed by atoms with Crippen LogP contribution in [0.25, 0.3) is 0 Å². The van der Waals surface area contributed by atoms with Crippen LogP contribution in [0.15, 0.2) is 23.1 Å². The molecule has 2 bridgehead atoms. The molecule has 0 radical (unpaired) electrons. The highest BCUT2D eigenvalue weighted by Crippen LogP contribution is 2.56. The van der Waals surface area contributed by atoms with Gasteiger partial charge < -0.3 is 15.1 Å². The lowest BCUT2D eigenvalue weighted by Gasteiger charge is -2.39. The van der Waals surface area contributed by atoms with Crippen LogP contribution in [0.3, 0.4) is 0 Å². The minimum Gasteiger partial charge on any atom is -0.507 e. The summed E-state index contributed by atoms with van der Waals surface area (Å²) in [6, 6.07) is 3.33. The Hall–Kier alpha value is -3.26. The van der Waals surface area contributed by atoms with E-state index in [1.165, 1.54) is 6.07 Å². The average molecular weight is 577 g/mol. The van der Waals surface area contributed by atoms with Crippen molar-refractivity contribution in [1.82, 2.24) is 4.31 Å². The number of aromatic carboxylic acids is 1. The highest BCUT2D eigenvalue weighted by molar-refractivity contribution is 7.89. The van der Waals surface area contributed by atoms with Gasteiger partial charge >= 0.3 is 5.97 Å². The number of nitrogens with zero attached hydrogens (tertiary/aromatic N) is 2. The van der Waals surface area contributed by atoms with Crippen molar-refractivity contribution in [3.63, 3.8) is 0 Å². The number of hydrogen-bond acceptors (Lipinski definition) is 5. The van der Waals surface area contributed by atoms with Gasteiger partial charge in [0.2, 0.25) is 21.7 Å². The first-order valence-electron chi connectivity index (χ1n) is 11.9. The summed E-state index contributed by atoms with van der Waals surface area (Å²) in [6.07, 6.45) is 3.65. The zero-order valence-electron chi connectivity index (χ0n) is 20.8. The van der Waals surface area contributed by atoms with E-state index in [4.69, 9.17) is 0 Å². The van der Waals surface area contributed by atoms with E-state index in [0.717, 1.165) is 49.8 Å². The molecule has 14 heteroatoms. The van der Waals surface area contributed by atoms with Crippen LogP contribution in [-0.2, 0) is 14.8 Å². The molecule has 0 spiro atoms. The third-order valence-electron chi connectivity index (χ3n) is 7.82. The van der Waals surface area contributed by atoms with E-state index < -0.39 is 79.2 Å². The highest BCUT2D eigenvalue weighted by Gasteiger charge is 2.49. The number of halogens is 5. The number of anilines is 1. The molecule has 2 N–H and O–H groups in total. The maximum atomic E-state index is 14.3. The molecular formula is C25H25F5N2O6S. The summed E-state index contributed by atoms with van der Waals surface area (Å²) in [5.74, 6) is -14.9. The number of carboxylic acid groups (broad SMARTS) is 1. The Bertz CT molecular complexity index is 1440. The van der Waals surface area contributed by atoms with Gasteiger partial charge in [0.15, 0.2) is 28.2 Å². The summed E-state index contributed by atoms with van der Waals surface area (Å²) in [5, 5.41) is 19.4. The lowest BCUT2D eigenvalue weighted by Crippen LogP contribution is -2.47. The second kappa shape index (κ2) is 10.0. The number of phenols is 1. The molecule has 2 fully saturated rings. The maximum absolute atomic E-state index is 14.3. The Labute approximate surface area is 220 Å². The SMILES string of the molecule is CN(CC(=O)N(CC1(C)CC2CCC1C2)c1ccc(C(=O)O)c(O)c1)S(=O)(=O)c1c(F)c(F)c(F)c(F)c1F. The van der Waals surface area contributed by atoms with E-state index in [1.54, 1.807) is 0 Å². The van der Waals surface area contributed by atoms with Crippen LogP contribution in [-0.4, -0.2) is 54.9 Å². The molecule has 3 atom stereocenters.